The summed E-state index contributed by atoms with van der Waals surface area (Å²) in [5.41, 5.74) is 1.91. The Morgan fingerprint density at radius 2 is 1.71 bits per heavy atom. The van der Waals surface area contributed by atoms with E-state index in [2.05, 4.69) is 72.4 Å². The van der Waals surface area contributed by atoms with E-state index < -0.39 is 0 Å². The Hall–Kier alpha value is -1.24. The van der Waals surface area contributed by atoms with Crippen molar-refractivity contribution in [2.75, 3.05) is 13.1 Å². The molecule has 0 radical (unpaired) electrons. The van der Waals surface area contributed by atoms with Gasteiger partial charge in [0.25, 0.3) is 0 Å². The highest BCUT2D eigenvalue weighted by Gasteiger charge is 2.50. The van der Waals surface area contributed by atoms with E-state index in [0.717, 1.165) is 57.9 Å². The molecule has 0 amide bonds. The zero-order chi connectivity index (χ0) is 27.8. The summed E-state index contributed by atoms with van der Waals surface area (Å²) < 4.78 is 12.4. The molecule has 2 atom stereocenters. The second kappa shape index (κ2) is 11.3. The Balaban J connectivity index is 1.37. The third-order valence-electron chi connectivity index (χ3n) is 10.1. The van der Waals surface area contributed by atoms with E-state index in [1.807, 2.05) is 6.20 Å². The molecule has 0 saturated carbocycles. The Kier molecular flexibility index (Phi) is 8.87. The van der Waals surface area contributed by atoms with Crippen molar-refractivity contribution < 1.29 is 14.1 Å². The number of hydrogen-bond acceptors (Lipinski definition) is 5. The van der Waals surface area contributed by atoms with Crippen LogP contribution in [-0.2, 0) is 20.5 Å². The molecular weight excluding hydrogens is 471 g/mol. The summed E-state index contributed by atoms with van der Waals surface area (Å²) in [6.07, 6.45) is 12.3. The Morgan fingerprint density at radius 1 is 1.05 bits per heavy atom. The molecule has 4 rings (SSSR count). The summed E-state index contributed by atoms with van der Waals surface area (Å²) in [6, 6.07) is 4.77. The van der Waals surface area contributed by atoms with Gasteiger partial charge in [-0.2, -0.15) is 0 Å². The third kappa shape index (κ3) is 6.55. The second-order valence-electron chi connectivity index (χ2n) is 14.8. The van der Waals surface area contributed by atoms with E-state index in [0.29, 0.717) is 24.2 Å². The molecule has 5 nitrogen and oxygen atoms in total. The Labute approximate surface area is 233 Å². The van der Waals surface area contributed by atoms with Crippen LogP contribution < -0.4 is 0 Å². The lowest BCUT2D eigenvalue weighted by atomic mass is 9.64. The largest absolute Gasteiger partial charge is 0.457 e. The maximum absolute atomic E-state index is 13.9. The van der Waals surface area contributed by atoms with Gasteiger partial charge in [0.15, 0.2) is 0 Å². The first-order chi connectivity index (χ1) is 17.7. The van der Waals surface area contributed by atoms with Crippen molar-refractivity contribution in [1.29, 1.82) is 0 Å². The van der Waals surface area contributed by atoms with Gasteiger partial charge in [-0.3, -0.25) is 14.7 Å². The third-order valence-corrected chi connectivity index (χ3v) is 10.1. The van der Waals surface area contributed by atoms with Crippen molar-refractivity contribution in [3.63, 3.8) is 0 Å². The van der Waals surface area contributed by atoms with E-state index >= 15 is 0 Å². The van der Waals surface area contributed by atoms with Crippen LogP contribution >= 0.6 is 0 Å². The molecule has 2 saturated heterocycles. The molecule has 212 valence electrons. The highest BCUT2D eigenvalue weighted by Crippen LogP contribution is 2.45. The fourth-order valence-corrected chi connectivity index (χ4v) is 6.93. The fourth-order valence-electron chi connectivity index (χ4n) is 6.93. The van der Waals surface area contributed by atoms with E-state index in [4.69, 9.17) is 14.3 Å². The van der Waals surface area contributed by atoms with Gasteiger partial charge in [-0.15, -0.1) is 0 Å². The van der Waals surface area contributed by atoms with E-state index in [9.17, 15) is 4.79 Å². The topological polar surface area (TPSA) is 51.7 Å². The highest BCUT2D eigenvalue weighted by molar-refractivity contribution is 6.45. The van der Waals surface area contributed by atoms with Crippen molar-refractivity contribution in [3.8, 4) is 0 Å². The number of carbonyl (C=O) groups is 1. The maximum Gasteiger partial charge on any atom is 0.457 e. The molecule has 2 unspecified atom stereocenters. The minimum absolute atomic E-state index is 0.0131. The average Bonchev–Trinajstić information content (AvgIpc) is 3.06. The first-order valence-electron chi connectivity index (χ1n) is 15.3. The quantitative estimate of drug-likeness (QED) is 0.248. The van der Waals surface area contributed by atoms with E-state index in [1.165, 1.54) is 24.1 Å². The Morgan fingerprint density at radius 3 is 2.34 bits per heavy atom. The molecule has 0 N–H and O–H groups in total. The number of unbranched alkanes of at least 4 members (excludes halogenated alkanes) is 1. The average molecular weight is 525 g/mol. The molecule has 3 aliphatic rings. The van der Waals surface area contributed by atoms with Crippen LogP contribution in [0, 0.1) is 16.7 Å². The van der Waals surface area contributed by atoms with Crippen LogP contribution in [0.2, 0.25) is 6.32 Å². The van der Waals surface area contributed by atoms with E-state index in [1.54, 1.807) is 0 Å². The molecule has 3 heterocycles. The number of ketones is 1. The van der Waals surface area contributed by atoms with Gasteiger partial charge < -0.3 is 9.31 Å². The van der Waals surface area contributed by atoms with Crippen LogP contribution in [0.3, 0.4) is 0 Å². The number of pyridine rings is 1. The highest BCUT2D eigenvalue weighted by atomic mass is 16.7. The first kappa shape index (κ1) is 29.7. The van der Waals surface area contributed by atoms with Gasteiger partial charge >= 0.3 is 7.12 Å². The van der Waals surface area contributed by atoms with Crippen molar-refractivity contribution in [1.82, 2.24) is 9.88 Å². The lowest BCUT2D eigenvalue weighted by Crippen LogP contribution is -2.46. The molecule has 6 heteroatoms. The lowest BCUT2D eigenvalue weighted by Gasteiger charge is -2.45. The van der Waals surface area contributed by atoms with Crippen LogP contribution in [0.1, 0.15) is 124 Å². The molecule has 0 spiro atoms. The number of aromatic nitrogens is 1. The van der Waals surface area contributed by atoms with Crippen LogP contribution in [0.5, 0.6) is 0 Å². The molecule has 0 aromatic carbocycles. The van der Waals surface area contributed by atoms with Crippen LogP contribution in [-0.4, -0.2) is 47.1 Å². The summed E-state index contributed by atoms with van der Waals surface area (Å²) in [7, 11) is -0.147. The number of Topliss-reactive ketones (excluding diaryl/α,β-unsaturated/α-hetero) is 1. The van der Waals surface area contributed by atoms with Crippen molar-refractivity contribution in [3.05, 3.63) is 29.6 Å². The number of fused-ring (bicyclic) bond motifs is 1. The minimum atomic E-state index is -0.281. The van der Waals surface area contributed by atoms with Gasteiger partial charge in [0, 0.05) is 18.0 Å². The predicted octanol–water partition coefficient (Wildman–Crippen LogP) is 7.45. The molecular formula is C32H53BN2O3. The summed E-state index contributed by atoms with van der Waals surface area (Å²) in [5.74, 6) is 0.904. The van der Waals surface area contributed by atoms with E-state index in [-0.39, 0.29) is 29.2 Å². The van der Waals surface area contributed by atoms with Crippen molar-refractivity contribution >= 4 is 12.9 Å². The van der Waals surface area contributed by atoms with Gasteiger partial charge in [-0.05, 0) is 109 Å². The number of rotatable bonds is 9. The smallest absolute Gasteiger partial charge is 0.403 e. The number of hydrogen-bond donors (Lipinski definition) is 0. The van der Waals surface area contributed by atoms with Gasteiger partial charge in [-0.25, -0.2) is 0 Å². The number of likely N-dealkylation sites (tertiary alicyclic amines) is 1. The zero-order valence-corrected chi connectivity index (χ0v) is 25.6. The van der Waals surface area contributed by atoms with Crippen molar-refractivity contribution in [2.24, 2.45) is 16.7 Å². The Bertz CT molecular complexity index is 948. The summed E-state index contributed by atoms with van der Waals surface area (Å²) in [6.45, 7) is 19.5. The van der Waals surface area contributed by atoms with Crippen LogP contribution in [0.15, 0.2) is 18.3 Å². The molecule has 2 fully saturated rings. The molecule has 1 aliphatic carbocycles. The maximum atomic E-state index is 13.9. The van der Waals surface area contributed by atoms with Crippen LogP contribution in [0.25, 0.3) is 0 Å². The fraction of sp³-hybridized carbons (Fsp3) is 0.812. The number of aryl methyl sites for hydroxylation is 1. The predicted molar refractivity (Wildman–Crippen MR) is 156 cm³/mol. The second-order valence-corrected chi connectivity index (χ2v) is 14.8. The molecule has 0 bridgehead atoms. The molecule has 2 aliphatic heterocycles. The minimum Gasteiger partial charge on any atom is -0.403 e. The van der Waals surface area contributed by atoms with Gasteiger partial charge in [-0.1, -0.05) is 46.6 Å². The normalized spacial score (nSPS) is 25.7. The van der Waals surface area contributed by atoms with Crippen molar-refractivity contribution in [2.45, 2.75) is 137 Å². The van der Waals surface area contributed by atoms with Crippen LogP contribution in [0.4, 0.5) is 0 Å². The SMILES string of the molecule is CC(C)(C)CC(=O)C(C)(CCCCB1OC(C)(C)C(C)(C)O1)C1CCN(C2CCCc3cccnc32)CC1. The summed E-state index contributed by atoms with van der Waals surface area (Å²) in [5, 5.41) is 0. The monoisotopic (exact) mass is 524 g/mol. The summed E-state index contributed by atoms with van der Waals surface area (Å²) >= 11 is 0. The van der Waals surface area contributed by atoms with Gasteiger partial charge in [0.2, 0.25) is 0 Å². The number of carbonyl (C=O) groups excluding carboxylic acids is 1. The lowest BCUT2D eigenvalue weighted by molar-refractivity contribution is -0.135. The summed E-state index contributed by atoms with van der Waals surface area (Å²) in [4.78, 5) is 21.3. The molecule has 1 aromatic rings. The number of nitrogens with zero attached hydrogens (tertiary/aromatic N) is 2. The first-order valence-corrected chi connectivity index (χ1v) is 15.3. The molecule has 38 heavy (non-hydrogen) atoms. The van der Waals surface area contributed by atoms with Gasteiger partial charge in [0.1, 0.15) is 5.78 Å². The van der Waals surface area contributed by atoms with Gasteiger partial charge in [0.05, 0.1) is 22.9 Å². The zero-order valence-electron chi connectivity index (χ0n) is 25.6. The molecule has 1 aromatic heterocycles. The number of piperidine rings is 1. The standard InChI is InChI=1S/C32H53BN2O3/c1-29(2,3)23-27(36)32(8,18-9-10-19-33-37-30(4,5)31(6,7)38-33)25-16-21-35(22-17-25)26-15-11-13-24-14-12-20-34-28(24)26/h12,14,20,25-26H,9-11,13,15-19,21-23H2,1-8H3.